The fourth-order valence-electron chi connectivity index (χ4n) is 3.75. The van der Waals surface area contributed by atoms with Crippen molar-refractivity contribution in [3.63, 3.8) is 0 Å². The summed E-state index contributed by atoms with van der Waals surface area (Å²) in [4.78, 5) is 17.1. The van der Waals surface area contributed by atoms with E-state index in [1.165, 1.54) is 19.2 Å². The highest BCUT2D eigenvalue weighted by Crippen LogP contribution is 2.32. The minimum atomic E-state index is -3.54. The first-order valence-electron chi connectivity index (χ1n) is 10.8. The van der Waals surface area contributed by atoms with Crippen LogP contribution < -0.4 is 4.74 Å². The molecule has 2 aromatic heterocycles. The van der Waals surface area contributed by atoms with Gasteiger partial charge in [-0.2, -0.15) is 0 Å². The second-order valence-corrected chi connectivity index (χ2v) is 10.9. The number of carbonyl (C=O) groups excluding carboxylic acids is 1. The molecule has 4 rings (SSSR count). The first kappa shape index (κ1) is 23.6. The summed E-state index contributed by atoms with van der Waals surface area (Å²) in [5, 5.41) is 0.151. The van der Waals surface area contributed by atoms with E-state index in [2.05, 4.69) is 4.98 Å². The number of fused-ring (bicyclic) bond motifs is 1. The number of nitrogens with zero attached hydrogens (tertiary/aromatic N) is 2. The lowest BCUT2D eigenvalue weighted by molar-refractivity contribution is 0.101. The largest absolute Gasteiger partial charge is 0.494 e. The third kappa shape index (κ3) is 4.72. The van der Waals surface area contributed by atoms with Crippen molar-refractivity contribution in [2.24, 2.45) is 0 Å². The zero-order valence-electron chi connectivity index (χ0n) is 19.2. The Labute approximate surface area is 197 Å². The van der Waals surface area contributed by atoms with Gasteiger partial charge in [-0.05, 0) is 43.7 Å². The van der Waals surface area contributed by atoms with Crippen molar-refractivity contribution in [3.05, 3.63) is 83.9 Å². The second-order valence-electron chi connectivity index (χ2n) is 8.32. The standard InChI is InChI=1S/C26H25FN2O4S/c1-17(2)34(31,32)16-25(30)22-11-7-10-20(28-22)15-29-23(18-8-5-4-6-9-18)12-19-13-26(33-3)21(27)14-24(19)29/h4-14,17H,15-16H2,1-3H3. The lowest BCUT2D eigenvalue weighted by Crippen LogP contribution is -2.24. The molecular formula is C26H25FN2O4S. The Bertz CT molecular complexity index is 1460. The molecule has 0 saturated carbocycles. The van der Waals surface area contributed by atoms with E-state index < -0.39 is 32.4 Å². The molecular weight excluding hydrogens is 455 g/mol. The van der Waals surface area contributed by atoms with Gasteiger partial charge in [-0.3, -0.25) is 4.79 Å². The van der Waals surface area contributed by atoms with E-state index in [1.54, 1.807) is 32.0 Å². The number of halogens is 1. The number of ketones is 1. The van der Waals surface area contributed by atoms with E-state index in [0.717, 1.165) is 16.6 Å². The summed E-state index contributed by atoms with van der Waals surface area (Å²) < 4.78 is 46.0. The number of carbonyl (C=O) groups is 1. The first-order valence-corrected chi connectivity index (χ1v) is 12.5. The van der Waals surface area contributed by atoms with Gasteiger partial charge in [0.05, 0.1) is 30.1 Å². The van der Waals surface area contributed by atoms with Gasteiger partial charge in [0, 0.05) is 17.1 Å². The molecule has 0 unspecified atom stereocenters. The highest BCUT2D eigenvalue weighted by molar-refractivity contribution is 7.92. The van der Waals surface area contributed by atoms with E-state index in [9.17, 15) is 17.6 Å². The summed E-state index contributed by atoms with van der Waals surface area (Å²) in [6.07, 6.45) is 0. The van der Waals surface area contributed by atoms with E-state index in [-0.39, 0.29) is 18.0 Å². The van der Waals surface area contributed by atoms with Crippen molar-refractivity contribution < 1.29 is 22.3 Å². The highest BCUT2D eigenvalue weighted by atomic mass is 32.2. The average molecular weight is 481 g/mol. The summed E-state index contributed by atoms with van der Waals surface area (Å²) in [6.45, 7) is 3.35. The molecule has 0 spiro atoms. The van der Waals surface area contributed by atoms with Gasteiger partial charge < -0.3 is 9.30 Å². The number of methoxy groups -OCH3 is 1. The van der Waals surface area contributed by atoms with Crippen LogP contribution >= 0.6 is 0 Å². The molecule has 34 heavy (non-hydrogen) atoms. The van der Waals surface area contributed by atoms with Gasteiger partial charge in [0.15, 0.2) is 27.2 Å². The molecule has 2 aromatic carbocycles. The number of pyridine rings is 1. The first-order chi connectivity index (χ1) is 16.2. The number of rotatable bonds is 8. The summed E-state index contributed by atoms with van der Waals surface area (Å²) in [5.41, 5.74) is 3.08. The SMILES string of the molecule is COc1cc2cc(-c3ccccc3)n(Cc3cccc(C(=O)CS(=O)(=O)C(C)C)n3)c2cc1F. The summed E-state index contributed by atoms with van der Waals surface area (Å²) in [6, 6.07) is 19.7. The second kappa shape index (κ2) is 9.38. The van der Waals surface area contributed by atoms with E-state index in [0.29, 0.717) is 11.2 Å². The molecule has 0 N–H and O–H groups in total. The third-order valence-electron chi connectivity index (χ3n) is 5.71. The van der Waals surface area contributed by atoms with Crippen molar-refractivity contribution in [2.75, 3.05) is 12.9 Å². The van der Waals surface area contributed by atoms with Crippen LogP contribution in [0.2, 0.25) is 0 Å². The van der Waals surface area contributed by atoms with Crippen LogP contribution in [0.15, 0.2) is 66.7 Å². The smallest absolute Gasteiger partial charge is 0.196 e. The molecule has 0 aliphatic carbocycles. The maximum absolute atomic E-state index is 14.6. The number of hydrogen-bond acceptors (Lipinski definition) is 5. The van der Waals surface area contributed by atoms with Crippen LogP contribution in [0.4, 0.5) is 4.39 Å². The predicted molar refractivity (Wildman–Crippen MR) is 130 cm³/mol. The quantitative estimate of drug-likeness (QED) is 0.335. The van der Waals surface area contributed by atoms with Crippen LogP contribution in [0.25, 0.3) is 22.2 Å². The van der Waals surface area contributed by atoms with Gasteiger partial charge in [-0.25, -0.2) is 17.8 Å². The summed E-state index contributed by atoms with van der Waals surface area (Å²) in [7, 11) is -2.12. The predicted octanol–water partition coefficient (Wildman–Crippen LogP) is 4.91. The Kier molecular flexibility index (Phi) is 6.52. The molecule has 0 aliphatic rings. The number of benzene rings is 2. The number of Topliss-reactive ketones (excluding diaryl/α,β-unsaturated/α-hetero) is 1. The van der Waals surface area contributed by atoms with Gasteiger partial charge >= 0.3 is 0 Å². The zero-order valence-corrected chi connectivity index (χ0v) is 20.0. The molecule has 0 radical (unpaired) electrons. The van der Waals surface area contributed by atoms with Crippen molar-refractivity contribution in [1.29, 1.82) is 0 Å². The Morgan fingerprint density at radius 3 is 2.47 bits per heavy atom. The maximum atomic E-state index is 14.6. The van der Waals surface area contributed by atoms with Crippen molar-refractivity contribution in [3.8, 4) is 17.0 Å². The average Bonchev–Trinajstić information content (AvgIpc) is 3.15. The van der Waals surface area contributed by atoms with Crippen molar-refractivity contribution in [2.45, 2.75) is 25.6 Å². The summed E-state index contributed by atoms with van der Waals surface area (Å²) >= 11 is 0. The number of aromatic nitrogens is 2. The normalized spacial score (nSPS) is 11.8. The van der Waals surface area contributed by atoms with Crippen LogP contribution in [0.3, 0.4) is 0 Å². The molecule has 0 saturated heterocycles. The Morgan fingerprint density at radius 1 is 1.06 bits per heavy atom. The van der Waals surface area contributed by atoms with Crippen LogP contribution in [-0.2, 0) is 16.4 Å². The highest BCUT2D eigenvalue weighted by Gasteiger charge is 2.23. The lowest BCUT2D eigenvalue weighted by atomic mass is 10.1. The fraction of sp³-hybridized carbons (Fsp3) is 0.231. The Morgan fingerprint density at radius 2 is 1.79 bits per heavy atom. The van der Waals surface area contributed by atoms with Gasteiger partial charge in [0.25, 0.3) is 0 Å². The third-order valence-corrected chi connectivity index (χ3v) is 7.81. The molecule has 8 heteroatoms. The van der Waals surface area contributed by atoms with E-state index in [1.807, 2.05) is 41.0 Å². The molecule has 0 atom stereocenters. The van der Waals surface area contributed by atoms with Crippen LogP contribution in [-0.4, -0.2) is 41.9 Å². The fourth-order valence-corrected chi connectivity index (χ4v) is 4.59. The van der Waals surface area contributed by atoms with Gasteiger partial charge in [-0.15, -0.1) is 0 Å². The molecule has 176 valence electrons. The van der Waals surface area contributed by atoms with Crippen LogP contribution in [0, 0.1) is 5.82 Å². The van der Waals surface area contributed by atoms with Crippen LogP contribution in [0.5, 0.6) is 5.75 Å². The topological polar surface area (TPSA) is 78.3 Å². The zero-order chi connectivity index (χ0) is 24.5. The number of hydrogen-bond donors (Lipinski definition) is 0. The lowest BCUT2D eigenvalue weighted by Gasteiger charge is -2.12. The molecule has 0 amide bonds. The minimum absolute atomic E-state index is 0.0901. The molecule has 6 nitrogen and oxygen atoms in total. The van der Waals surface area contributed by atoms with Gasteiger partial charge in [-0.1, -0.05) is 36.4 Å². The molecule has 0 aliphatic heterocycles. The van der Waals surface area contributed by atoms with Gasteiger partial charge in [0.2, 0.25) is 0 Å². The van der Waals surface area contributed by atoms with E-state index in [4.69, 9.17) is 4.74 Å². The van der Waals surface area contributed by atoms with Gasteiger partial charge in [0.1, 0.15) is 11.4 Å². The van der Waals surface area contributed by atoms with Crippen molar-refractivity contribution in [1.82, 2.24) is 9.55 Å². The number of ether oxygens (including phenoxy) is 1. The molecule has 4 aromatic rings. The number of sulfone groups is 1. The maximum Gasteiger partial charge on any atom is 0.196 e. The van der Waals surface area contributed by atoms with E-state index >= 15 is 0 Å². The Balaban J connectivity index is 1.77. The molecule has 0 fully saturated rings. The monoisotopic (exact) mass is 480 g/mol. The summed E-state index contributed by atoms with van der Waals surface area (Å²) in [5.74, 6) is -1.47. The van der Waals surface area contributed by atoms with Crippen molar-refractivity contribution >= 4 is 26.5 Å². The Hall–Kier alpha value is -3.52. The molecule has 0 bridgehead atoms. The van der Waals surface area contributed by atoms with Crippen LogP contribution in [0.1, 0.15) is 30.0 Å². The molecule has 2 heterocycles. The minimum Gasteiger partial charge on any atom is -0.494 e.